The maximum Gasteiger partial charge on any atom is 0.334 e. The van der Waals surface area contributed by atoms with Crippen LogP contribution < -0.4 is 0 Å². The van der Waals surface area contributed by atoms with E-state index in [0.717, 1.165) is 12.8 Å². The molecular weight excluding hydrogens is 222 g/mol. The zero-order valence-electron chi connectivity index (χ0n) is 10.4. The molecule has 0 rings (SSSR count). The number of rotatable bonds is 8. The first-order valence-electron chi connectivity index (χ1n) is 5.87. The summed E-state index contributed by atoms with van der Waals surface area (Å²) in [6.45, 7) is 6.07. The molecule has 16 heavy (non-hydrogen) atoms. The minimum atomic E-state index is -0.842. The van der Waals surface area contributed by atoms with Crippen molar-refractivity contribution in [2.24, 2.45) is 4.99 Å². The highest BCUT2D eigenvalue weighted by Gasteiger charge is 2.33. The molecule has 0 aliphatic heterocycles. The summed E-state index contributed by atoms with van der Waals surface area (Å²) in [6.07, 6.45) is 5.10. The monoisotopic (exact) mass is 243 g/mol. The minimum absolute atomic E-state index is 0.302. The number of isothiocyanates is 1. The minimum Gasteiger partial charge on any atom is -0.464 e. The van der Waals surface area contributed by atoms with E-state index >= 15 is 0 Å². The van der Waals surface area contributed by atoms with Crippen molar-refractivity contribution in [2.45, 2.75) is 58.4 Å². The lowest BCUT2D eigenvalue weighted by atomic mass is 9.95. The molecule has 3 nitrogen and oxygen atoms in total. The van der Waals surface area contributed by atoms with E-state index in [1.807, 2.05) is 0 Å². The largest absolute Gasteiger partial charge is 0.464 e. The molecule has 0 aromatic carbocycles. The van der Waals surface area contributed by atoms with Crippen LogP contribution in [0.3, 0.4) is 0 Å². The van der Waals surface area contributed by atoms with E-state index in [1.54, 1.807) is 13.8 Å². The SMILES string of the molecule is CCCCCCC(C)(N=C=S)C(=O)OCC. The Hall–Kier alpha value is -0.730. The third-order valence-electron chi connectivity index (χ3n) is 2.52. The second-order valence-electron chi connectivity index (χ2n) is 4.01. The summed E-state index contributed by atoms with van der Waals surface area (Å²) >= 11 is 4.58. The number of aliphatic imine (C=N–C) groups is 1. The summed E-state index contributed by atoms with van der Waals surface area (Å²) in [7, 11) is 0. The Morgan fingerprint density at radius 1 is 1.38 bits per heavy atom. The van der Waals surface area contributed by atoms with Crippen molar-refractivity contribution in [3.8, 4) is 0 Å². The maximum atomic E-state index is 11.7. The van der Waals surface area contributed by atoms with Crippen molar-refractivity contribution >= 4 is 23.3 Å². The number of nitrogens with zero attached hydrogens (tertiary/aromatic N) is 1. The normalized spacial score (nSPS) is 13.7. The van der Waals surface area contributed by atoms with Crippen LogP contribution >= 0.6 is 12.2 Å². The molecule has 1 atom stereocenters. The number of carbonyl (C=O) groups excluding carboxylic acids is 1. The molecule has 0 bridgehead atoms. The number of thiocarbonyl (C=S) groups is 1. The van der Waals surface area contributed by atoms with Gasteiger partial charge in [0.15, 0.2) is 5.54 Å². The molecule has 0 aromatic rings. The molecule has 0 saturated carbocycles. The molecule has 0 aliphatic carbocycles. The van der Waals surface area contributed by atoms with Gasteiger partial charge in [0.25, 0.3) is 0 Å². The predicted molar refractivity (Wildman–Crippen MR) is 68.8 cm³/mol. The number of ether oxygens (including phenoxy) is 1. The quantitative estimate of drug-likeness (QED) is 0.284. The number of hydrogen-bond acceptors (Lipinski definition) is 4. The molecule has 0 N–H and O–H groups in total. The molecule has 1 unspecified atom stereocenters. The van der Waals surface area contributed by atoms with E-state index in [1.165, 1.54) is 12.8 Å². The van der Waals surface area contributed by atoms with Crippen LogP contribution in [0.2, 0.25) is 0 Å². The van der Waals surface area contributed by atoms with E-state index in [4.69, 9.17) is 4.74 Å². The molecule has 4 heteroatoms. The molecule has 0 spiro atoms. The lowest BCUT2D eigenvalue weighted by Gasteiger charge is -2.21. The van der Waals surface area contributed by atoms with Crippen molar-refractivity contribution < 1.29 is 9.53 Å². The molecule has 0 aliphatic rings. The third-order valence-corrected chi connectivity index (χ3v) is 2.62. The number of unbranched alkanes of at least 4 members (excludes halogenated alkanes) is 3. The molecule has 0 fully saturated rings. The van der Waals surface area contributed by atoms with Gasteiger partial charge in [0.2, 0.25) is 0 Å². The first-order valence-corrected chi connectivity index (χ1v) is 6.27. The van der Waals surface area contributed by atoms with Crippen molar-refractivity contribution in [2.75, 3.05) is 6.61 Å². The van der Waals surface area contributed by atoms with Crippen molar-refractivity contribution in [3.05, 3.63) is 0 Å². The van der Waals surface area contributed by atoms with Gasteiger partial charge in [0.1, 0.15) is 0 Å². The smallest absolute Gasteiger partial charge is 0.334 e. The van der Waals surface area contributed by atoms with Crippen LogP contribution in [-0.2, 0) is 9.53 Å². The van der Waals surface area contributed by atoms with Crippen molar-refractivity contribution in [1.29, 1.82) is 0 Å². The van der Waals surface area contributed by atoms with Crippen LogP contribution in [0.25, 0.3) is 0 Å². The van der Waals surface area contributed by atoms with Gasteiger partial charge in [-0.2, -0.15) is 0 Å². The van der Waals surface area contributed by atoms with Crippen LogP contribution in [0.4, 0.5) is 0 Å². The van der Waals surface area contributed by atoms with Gasteiger partial charge in [-0.05, 0) is 32.5 Å². The fourth-order valence-electron chi connectivity index (χ4n) is 1.49. The standard InChI is InChI=1S/C12H21NO2S/c1-4-6-7-8-9-12(3,13-10-16)11(14)15-5-2/h4-9H2,1-3H3. The maximum absolute atomic E-state index is 11.7. The van der Waals surface area contributed by atoms with E-state index in [0.29, 0.717) is 13.0 Å². The Morgan fingerprint density at radius 2 is 2.06 bits per heavy atom. The van der Waals surface area contributed by atoms with Crippen molar-refractivity contribution in [1.82, 2.24) is 0 Å². The van der Waals surface area contributed by atoms with Crippen molar-refractivity contribution in [3.63, 3.8) is 0 Å². The zero-order valence-corrected chi connectivity index (χ0v) is 11.2. The van der Waals surface area contributed by atoms with E-state index in [9.17, 15) is 4.79 Å². The second-order valence-corrected chi connectivity index (χ2v) is 4.19. The lowest BCUT2D eigenvalue weighted by molar-refractivity contribution is -0.149. The summed E-state index contributed by atoms with van der Waals surface area (Å²) in [4.78, 5) is 15.7. The first kappa shape index (κ1) is 15.3. The van der Waals surface area contributed by atoms with E-state index < -0.39 is 5.54 Å². The molecule has 0 saturated heterocycles. The van der Waals surface area contributed by atoms with Crippen LogP contribution in [0.1, 0.15) is 52.9 Å². The topological polar surface area (TPSA) is 38.7 Å². The average Bonchev–Trinajstić information content (AvgIpc) is 2.25. The second kappa shape index (κ2) is 8.43. The number of esters is 1. The Bertz CT molecular complexity index is 262. The first-order chi connectivity index (χ1) is 7.60. The summed E-state index contributed by atoms with van der Waals surface area (Å²) < 4.78 is 5.00. The van der Waals surface area contributed by atoms with Crippen LogP contribution in [0, 0.1) is 0 Å². The Kier molecular flexibility index (Phi) is 8.04. The lowest BCUT2D eigenvalue weighted by Crippen LogP contribution is -2.35. The number of carbonyl (C=O) groups is 1. The van der Waals surface area contributed by atoms with E-state index in [-0.39, 0.29) is 5.97 Å². The zero-order chi connectivity index (χ0) is 12.4. The van der Waals surface area contributed by atoms with Gasteiger partial charge in [-0.3, -0.25) is 0 Å². The van der Waals surface area contributed by atoms with Crippen LogP contribution in [0.15, 0.2) is 4.99 Å². The Balaban J connectivity index is 4.33. The highest BCUT2D eigenvalue weighted by Crippen LogP contribution is 2.21. The fraction of sp³-hybridized carbons (Fsp3) is 0.833. The molecule has 0 heterocycles. The average molecular weight is 243 g/mol. The Morgan fingerprint density at radius 3 is 2.56 bits per heavy atom. The summed E-state index contributed by atoms with van der Waals surface area (Å²) in [5.41, 5.74) is -0.842. The third kappa shape index (κ3) is 5.38. The molecule has 0 amide bonds. The van der Waals surface area contributed by atoms with Crippen LogP contribution in [-0.4, -0.2) is 23.3 Å². The van der Waals surface area contributed by atoms with Gasteiger partial charge in [0, 0.05) is 0 Å². The predicted octanol–water partition coefficient (Wildman–Crippen LogP) is 3.38. The van der Waals surface area contributed by atoms with Gasteiger partial charge >= 0.3 is 5.97 Å². The van der Waals surface area contributed by atoms with Gasteiger partial charge in [0.05, 0.1) is 11.8 Å². The molecule has 92 valence electrons. The van der Waals surface area contributed by atoms with Gasteiger partial charge in [-0.25, -0.2) is 9.79 Å². The van der Waals surface area contributed by atoms with Gasteiger partial charge in [-0.15, -0.1) is 0 Å². The Labute approximate surface area is 103 Å². The fourth-order valence-corrected chi connectivity index (χ4v) is 1.69. The molecule has 0 aromatic heterocycles. The summed E-state index contributed by atoms with van der Waals surface area (Å²) in [5.74, 6) is -0.302. The van der Waals surface area contributed by atoms with Gasteiger partial charge < -0.3 is 4.74 Å². The van der Waals surface area contributed by atoms with E-state index in [2.05, 4.69) is 29.3 Å². The van der Waals surface area contributed by atoms with Crippen LogP contribution in [0.5, 0.6) is 0 Å². The van der Waals surface area contributed by atoms with Gasteiger partial charge in [-0.1, -0.05) is 32.6 Å². The summed E-state index contributed by atoms with van der Waals surface area (Å²) in [6, 6.07) is 0. The molecular formula is C12H21NO2S. The highest BCUT2D eigenvalue weighted by atomic mass is 32.1. The number of hydrogen-bond donors (Lipinski definition) is 0. The highest BCUT2D eigenvalue weighted by molar-refractivity contribution is 7.78. The molecule has 0 radical (unpaired) electrons. The summed E-state index contributed by atoms with van der Waals surface area (Å²) in [5, 5.41) is 2.30.